The topological polar surface area (TPSA) is 127 Å². The molecule has 216 valence electrons. The minimum atomic E-state index is -1.12. The van der Waals surface area contributed by atoms with Crippen LogP contribution in [0.15, 0.2) is 55.1 Å². The van der Waals surface area contributed by atoms with E-state index in [4.69, 9.17) is 9.47 Å². The second kappa shape index (κ2) is 13.4. The summed E-state index contributed by atoms with van der Waals surface area (Å²) in [6, 6.07) is 9.50. The number of carbonyl (C=O) groups is 1. The number of halogens is 2. The van der Waals surface area contributed by atoms with Gasteiger partial charge in [0, 0.05) is 50.0 Å². The monoisotopic (exact) mass is 567 g/mol. The van der Waals surface area contributed by atoms with Crippen molar-refractivity contribution in [2.75, 3.05) is 50.2 Å². The number of amides is 1. The molecule has 3 heterocycles. The number of nitrogens with zero attached hydrogens (tertiary/aromatic N) is 5. The second-order valence-electron chi connectivity index (χ2n) is 9.55. The van der Waals surface area contributed by atoms with Gasteiger partial charge in [-0.05, 0) is 37.1 Å². The zero-order valence-corrected chi connectivity index (χ0v) is 22.3. The van der Waals surface area contributed by atoms with Crippen LogP contribution in [0.5, 0.6) is 5.75 Å². The lowest BCUT2D eigenvalue weighted by Crippen LogP contribution is -2.43. The van der Waals surface area contributed by atoms with Gasteiger partial charge < -0.3 is 25.2 Å². The van der Waals surface area contributed by atoms with Crippen LogP contribution in [0.4, 0.5) is 26.0 Å². The van der Waals surface area contributed by atoms with E-state index >= 15 is 0 Å². The minimum absolute atomic E-state index is 0.0982. The molecule has 3 N–H and O–H groups in total. The number of hydrogen-bond acceptors (Lipinski definition) is 9. The van der Waals surface area contributed by atoms with E-state index in [1.54, 1.807) is 6.20 Å². The van der Waals surface area contributed by atoms with E-state index in [-0.39, 0.29) is 18.8 Å². The van der Waals surface area contributed by atoms with Crippen molar-refractivity contribution in [2.45, 2.75) is 25.4 Å². The molecule has 1 saturated heterocycles. The van der Waals surface area contributed by atoms with E-state index in [1.165, 1.54) is 29.3 Å². The Kier molecular flexibility index (Phi) is 9.29. The second-order valence-corrected chi connectivity index (χ2v) is 9.55. The zero-order valence-electron chi connectivity index (χ0n) is 22.3. The molecule has 0 atom stereocenters. The molecule has 1 fully saturated rings. The highest BCUT2D eigenvalue weighted by Crippen LogP contribution is 2.26. The van der Waals surface area contributed by atoms with Crippen LogP contribution in [-0.4, -0.2) is 81.2 Å². The van der Waals surface area contributed by atoms with Gasteiger partial charge in [-0.15, -0.1) is 0 Å². The first-order valence-corrected chi connectivity index (χ1v) is 13.3. The molecule has 13 heteroatoms. The summed E-state index contributed by atoms with van der Waals surface area (Å²) >= 11 is 0. The first-order valence-electron chi connectivity index (χ1n) is 13.3. The fourth-order valence-electron chi connectivity index (χ4n) is 4.75. The molecule has 1 amide bonds. The maximum Gasteiger partial charge on any atom is 0.246 e. The smallest absolute Gasteiger partial charge is 0.246 e. The lowest BCUT2D eigenvalue weighted by molar-refractivity contribution is -0.116. The molecule has 0 bridgehead atoms. The fraction of sp³-hybridized carbons (Fsp3) is 0.357. The van der Waals surface area contributed by atoms with Crippen LogP contribution in [0.1, 0.15) is 12.8 Å². The van der Waals surface area contributed by atoms with Crippen LogP contribution in [0.3, 0.4) is 0 Å². The Labute approximate surface area is 235 Å². The van der Waals surface area contributed by atoms with E-state index in [0.29, 0.717) is 48.5 Å². The number of benzene rings is 2. The van der Waals surface area contributed by atoms with Crippen molar-refractivity contribution in [3.8, 4) is 5.75 Å². The number of anilines is 3. The molecule has 0 aliphatic carbocycles. The maximum atomic E-state index is 13.8. The summed E-state index contributed by atoms with van der Waals surface area (Å²) < 4.78 is 40.1. The number of aliphatic hydroxyl groups is 1. The first-order chi connectivity index (χ1) is 20.0. The molecule has 1 aliphatic heterocycles. The molecule has 0 saturated carbocycles. The number of rotatable bonds is 12. The van der Waals surface area contributed by atoms with Gasteiger partial charge in [-0.3, -0.25) is 14.4 Å². The van der Waals surface area contributed by atoms with Gasteiger partial charge in [0.05, 0.1) is 29.7 Å². The van der Waals surface area contributed by atoms with E-state index in [9.17, 15) is 18.7 Å². The Morgan fingerprint density at radius 3 is 2.85 bits per heavy atom. The lowest BCUT2D eigenvalue weighted by atomic mass is 10.1. The Morgan fingerprint density at radius 2 is 2.02 bits per heavy atom. The van der Waals surface area contributed by atoms with E-state index in [1.807, 2.05) is 18.2 Å². The molecular weight excluding hydrogens is 536 g/mol. The van der Waals surface area contributed by atoms with Crippen LogP contribution in [0, 0.1) is 11.6 Å². The molecule has 2 aromatic heterocycles. The Morgan fingerprint density at radius 1 is 1.17 bits per heavy atom. The Hall–Kier alpha value is -4.20. The number of nitrogens with one attached hydrogen (secondary N) is 2. The molecule has 0 spiro atoms. The molecule has 41 heavy (non-hydrogen) atoms. The zero-order chi connectivity index (χ0) is 28.6. The largest absolute Gasteiger partial charge is 0.492 e. The van der Waals surface area contributed by atoms with Gasteiger partial charge in [0.1, 0.15) is 31.0 Å². The first kappa shape index (κ1) is 28.3. The summed E-state index contributed by atoms with van der Waals surface area (Å²) in [5.41, 5.74) is 1.02. The number of hydrogen-bond donors (Lipinski definition) is 3. The number of carbonyl (C=O) groups excluding carboxylic acids is 1. The van der Waals surface area contributed by atoms with Crippen molar-refractivity contribution in [3.05, 3.63) is 66.8 Å². The molecule has 0 radical (unpaired) electrons. The van der Waals surface area contributed by atoms with Crippen LogP contribution in [0.2, 0.25) is 0 Å². The van der Waals surface area contributed by atoms with Crippen molar-refractivity contribution in [3.63, 3.8) is 0 Å². The summed E-state index contributed by atoms with van der Waals surface area (Å²) in [5.74, 6) is -1.50. The number of aliphatic hydroxyl groups excluding tert-OH is 1. The van der Waals surface area contributed by atoms with Gasteiger partial charge in [0.2, 0.25) is 5.91 Å². The summed E-state index contributed by atoms with van der Waals surface area (Å²) in [4.78, 5) is 23.3. The third-order valence-corrected chi connectivity index (χ3v) is 6.78. The standard InChI is InChI=1S/C28H31F2N7O4/c29-23-2-1-3-24(27(23)30)35-26(39)17-37-16-19(15-33-37)34-28-22-5-4-21(14-25(22)31-18-32-28)41-13-9-36(8-10-38)20-6-11-40-12-7-20/h1-5,14-16,18,20,38H,6-13,17H2,(H,35,39)(H,31,32,34). The predicted molar refractivity (Wildman–Crippen MR) is 148 cm³/mol. The highest BCUT2D eigenvalue weighted by atomic mass is 19.2. The quantitative estimate of drug-likeness (QED) is 0.236. The van der Waals surface area contributed by atoms with Crippen molar-refractivity contribution in [1.29, 1.82) is 0 Å². The molecular formula is C28H31F2N7O4. The third-order valence-electron chi connectivity index (χ3n) is 6.78. The van der Waals surface area contributed by atoms with Gasteiger partial charge in [-0.2, -0.15) is 5.10 Å². The molecule has 11 nitrogen and oxygen atoms in total. The SMILES string of the molecule is O=C(Cn1cc(Nc2ncnc3cc(OCCN(CCO)C4CCOCC4)ccc23)cn1)Nc1cccc(F)c1F. The van der Waals surface area contributed by atoms with Crippen LogP contribution in [0.25, 0.3) is 10.9 Å². The molecule has 2 aromatic carbocycles. The molecule has 0 unspecified atom stereocenters. The summed E-state index contributed by atoms with van der Waals surface area (Å²) in [6.45, 7) is 3.13. The summed E-state index contributed by atoms with van der Waals surface area (Å²) in [7, 11) is 0. The fourth-order valence-corrected chi connectivity index (χ4v) is 4.75. The van der Waals surface area contributed by atoms with Crippen molar-refractivity contribution < 1.29 is 28.2 Å². The van der Waals surface area contributed by atoms with Gasteiger partial charge in [-0.1, -0.05) is 6.07 Å². The van der Waals surface area contributed by atoms with Crippen LogP contribution < -0.4 is 15.4 Å². The van der Waals surface area contributed by atoms with Gasteiger partial charge in [0.25, 0.3) is 0 Å². The third kappa shape index (κ3) is 7.31. The van der Waals surface area contributed by atoms with Crippen LogP contribution >= 0.6 is 0 Å². The average molecular weight is 568 g/mol. The van der Waals surface area contributed by atoms with Gasteiger partial charge in [0.15, 0.2) is 11.6 Å². The molecule has 4 aromatic rings. The Balaban J connectivity index is 1.18. The average Bonchev–Trinajstić information content (AvgIpc) is 3.42. The number of ether oxygens (including phenoxy) is 2. The van der Waals surface area contributed by atoms with E-state index < -0.39 is 17.5 Å². The molecule has 1 aliphatic rings. The lowest BCUT2D eigenvalue weighted by Gasteiger charge is -2.33. The van der Waals surface area contributed by atoms with Crippen molar-refractivity contribution in [2.24, 2.45) is 0 Å². The minimum Gasteiger partial charge on any atom is -0.492 e. The summed E-state index contributed by atoms with van der Waals surface area (Å²) in [5, 5.41) is 19.9. The van der Waals surface area contributed by atoms with Crippen molar-refractivity contribution >= 4 is 34.0 Å². The summed E-state index contributed by atoms with van der Waals surface area (Å²) in [6.07, 6.45) is 6.46. The maximum absolute atomic E-state index is 13.8. The van der Waals surface area contributed by atoms with Gasteiger partial charge in [-0.25, -0.2) is 18.7 Å². The number of aromatic nitrogens is 4. The molecule has 5 rings (SSSR count). The highest BCUT2D eigenvalue weighted by Gasteiger charge is 2.21. The van der Waals surface area contributed by atoms with Crippen LogP contribution in [-0.2, 0) is 16.1 Å². The van der Waals surface area contributed by atoms with E-state index in [0.717, 1.165) is 37.5 Å². The van der Waals surface area contributed by atoms with Crippen molar-refractivity contribution in [1.82, 2.24) is 24.6 Å². The Bertz CT molecular complexity index is 1480. The number of fused-ring (bicyclic) bond motifs is 1. The highest BCUT2D eigenvalue weighted by molar-refractivity contribution is 5.92. The van der Waals surface area contributed by atoms with E-state index in [2.05, 4.69) is 30.6 Å². The normalized spacial score (nSPS) is 14.0. The van der Waals surface area contributed by atoms with Gasteiger partial charge >= 0.3 is 0 Å². The predicted octanol–water partition coefficient (Wildman–Crippen LogP) is 3.34.